The number of phenolic OH excluding ortho intramolecular Hbond substituents is 1. The second-order valence-electron chi connectivity index (χ2n) is 4.49. The molecule has 0 aliphatic carbocycles. The van der Waals surface area contributed by atoms with Crippen molar-refractivity contribution in [2.75, 3.05) is 0 Å². The smallest absolute Gasteiger partial charge is 0.237 e. The fraction of sp³-hybridized carbons (Fsp3) is 0.385. The van der Waals surface area contributed by atoms with Crippen LogP contribution >= 0.6 is 11.8 Å². The maximum Gasteiger partial charge on any atom is 0.237 e. The number of aromatic hydroxyl groups is 1. The quantitative estimate of drug-likeness (QED) is 0.840. The average Bonchev–Trinajstić information content (AvgIpc) is 2.73. The van der Waals surface area contributed by atoms with E-state index in [1.165, 1.54) is 0 Å². The minimum atomic E-state index is 0.269. The van der Waals surface area contributed by atoms with E-state index in [0.29, 0.717) is 17.6 Å². The summed E-state index contributed by atoms with van der Waals surface area (Å²) in [6.07, 6.45) is 0.834. The first-order valence-corrected chi connectivity index (χ1v) is 6.85. The van der Waals surface area contributed by atoms with Crippen molar-refractivity contribution >= 4 is 11.8 Å². The van der Waals surface area contributed by atoms with Gasteiger partial charge in [-0.3, -0.25) is 0 Å². The van der Waals surface area contributed by atoms with Gasteiger partial charge in [-0.2, -0.15) is 4.98 Å². The highest BCUT2D eigenvalue weighted by molar-refractivity contribution is 7.98. The van der Waals surface area contributed by atoms with Crippen LogP contribution < -0.4 is 0 Å². The fourth-order valence-corrected chi connectivity index (χ4v) is 2.30. The molecule has 96 valence electrons. The van der Waals surface area contributed by atoms with Gasteiger partial charge in [0.25, 0.3) is 0 Å². The summed E-state index contributed by atoms with van der Waals surface area (Å²) in [6, 6.07) is 7.12. The van der Waals surface area contributed by atoms with E-state index in [9.17, 15) is 5.11 Å². The fourth-order valence-electron chi connectivity index (χ4n) is 1.52. The van der Waals surface area contributed by atoms with Gasteiger partial charge in [-0.05, 0) is 24.1 Å². The van der Waals surface area contributed by atoms with Gasteiger partial charge >= 0.3 is 0 Å². The first kappa shape index (κ1) is 13.0. The Morgan fingerprint density at radius 2 is 2.22 bits per heavy atom. The van der Waals surface area contributed by atoms with E-state index in [0.717, 1.165) is 17.1 Å². The maximum absolute atomic E-state index is 9.35. The van der Waals surface area contributed by atoms with Gasteiger partial charge in [-0.15, -0.1) is 11.8 Å². The largest absolute Gasteiger partial charge is 0.508 e. The molecule has 0 saturated heterocycles. The molecule has 1 aromatic heterocycles. The molecule has 0 unspecified atom stereocenters. The van der Waals surface area contributed by atoms with E-state index in [-0.39, 0.29) is 5.75 Å². The van der Waals surface area contributed by atoms with E-state index in [2.05, 4.69) is 24.0 Å². The van der Waals surface area contributed by atoms with Crippen molar-refractivity contribution in [3.8, 4) is 5.75 Å². The molecule has 18 heavy (non-hydrogen) atoms. The lowest BCUT2D eigenvalue weighted by Gasteiger charge is -1.98. The van der Waals surface area contributed by atoms with E-state index >= 15 is 0 Å². The minimum Gasteiger partial charge on any atom is -0.508 e. The summed E-state index contributed by atoms with van der Waals surface area (Å²) in [4.78, 5) is 5.31. The van der Waals surface area contributed by atoms with Gasteiger partial charge in [0.15, 0.2) is 5.82 Å². The Kier molecular flexibility index (Phi) is 4.25. The van der Waals surface area contributed by atoms with Crippen LogP contribution in [0.4, 0.5) is 0 Å². The van der Waals surface area contributed by atoms with Gasteiger partial charge in [0, 0.05) is 11.3 Å². The van der Waals surface area contributed by atoms with Gasteiger partial charge in [0.2, 0.25) is 5.89 Å². The molecule has 0 saturated carbocycles. The normalized spacial score (nSPS) is 11.1. The number of aromatic nitrogens is 2. The van der Waals surface area contributed by atoms with Crippen molar-refractivity contribution in [1.29, 1.82) is 0 Å². The van der Waals surface area contributed by atoms with Crippen LogP contribution in [-0.4, -0.2) is 15.2 Å². The van der Waals surface area contributed by atoms with Crippen LogP contribution in [0.2, 0.25) is 0 Å². The van der Waals surface area contributed by atoms with Crippen LogP contribution in [-0.2, 0) is 12.2 Å². The lowest BCUT2D eigenvalue weighted by molar-refractivity contribution is 0.382. The zero-order chi connectivity index (χ0) is 13.0. The van der Waals surface area contributed by atoms with E-state index < -0.39 is 0 Å². The van der Waals surface area contributed by atoms with Crippen LogP contribution in [0.1, 0.15) is 25.6 Å². The summed E-state index contributed by atoms with van der Waals surface area (Å²) in [5, 5.41) is 13.3. The van der Waals surface area contributed by atoms with Crippen molar-refractivity contribution in [3.05, 3.63) is 36.0 Å². The molecule has 0 atom stereocenters. The predicted molar refractivity (Wildman–Crippen MR) is 70.5 cm³/mol. The summed E-state index contributed by atoms with van der Waals surface area (Å²) in [5.41, 5.74) is 0. The Balaban J connectivity index is 1.92. The molecule has 1 aromatic carbocycles. The van der Waals surface area contributed by atoms with Crippen molar-refractivity contribution < 1.29 is 9.63 Å². The molecule has 0 bridgehead atoms. The summed E-state index contributed by atoms with van der Waals surface area (Å²) in [7, 11) is 0. The van der Waals surface area contributed by atoms with Crippen molar-refractivity contribution in [3.63, 3.8) is 0 Å². The topological polar surface area (TPSA) is 59.2 Å². The maximum atomic E-state index is 9.35. The van der Waals surface area contributed by atoms with Crippen LogP contribution in [0.5, 0.6) is 5.75 Å². The first-order valence-electron chi connectivity index (χ1n) is 5.87. The average molecular weight is 264 g/mol. The first-order chi connectivity index (χ1) is 8.63. The predicted octanol–water partition coefficient (Wildman–Crippen LogP) is 3.27. The second-order valence-corrected chi connectivity index (χ2v) is 5.54. The third-order valence-electron chi connectivity index (χ3n) is 2.28. The number of benzene rings is 1. The Bertz CT molecular complexity index is 511. The lowest BCUT2D eigenvalue weighted by Crippen LogP contribution is -1.96. The van der Waals surface area contributed by atoms with E-state index in [1.807, 2.05) is 12.1 Å². The Hall–Kier alpha value is -1.49. The summed E-state index contributed by atoms with van der Waals surface area (Å²) < 4.78 is 5.17. The molecule has 2 aromatic rings. The third kappa shape index (κ3) is 3.77. The molecule has 2 rings (SSSR count). The summed E-state index contributed by atoms with van der Waals surface area (Å²) in [6.45, 7) is 4.25. The van der Waals surface area contributed by atoms with Crippen LogP contribution in [0.3, 0.4) is 0 Å². The number of phenols is 1. The number of hydrogen-bond acceptors (Lipinski definition) is 5. The molecule has 0 radical (unpaired) electrons. The summed E-state index contributed by atoms with van der Waals surface area (Å²) >= 11 is 1.56. The number of thioether (sulfide) groups is 1. The van der Waals surface area contributed by atoms with E-state index in [4.69, 9.17) is 4.52 Å². The van der Waals surface area contributed by atoms with Crippen molar-refractivity contribution in [1.82, 2.24) is 10.1 Å². The van der Waals surface area contributed by atoms with Gasteiger partial charge in [-0.1, -0.05) is 25.1 Å². The Labute approximate surface area is 110 Å². The number of hydrogen-bond donors (Lipinski definition) is 1. The highest BCUT2D eigenvalue weighted by atomic mass is 32.2. The Morgan fingerprint density at radius 1 is 1.39 bits per heavy atom. The van der Waals surface area contributed by atoms with E-state index in [1.54, 1.807) is 23.9 Å². The SMILES string of the molecule is CC(C)Cc1noc(CSc2cccc(O)c2)n1. The monoisotopic (exact) mass is 264 g/mol. The molecular weight excluding hydrogens is 248 g/mol. The van der Waals surface area contributed by atoms with Crippen molar-refractivity contribution in [2.45, 2.75) is 30.9 Å². The standard InChI is InChI=1S/C13H16N2O2S/c1-9(2)6-12-14-13(17-15-12)8-18-11-5-3-4-10(16)7-11/h3-5,7,9,16H,6,8H2,1-2H3. The van der Waals surface area contributed by atoms with Crippen LogP contribution in [0.25, 0.3) is 0 Å². The molecule has 1 heterocycles. The zero-order valence-corrected chi connectivity index (χ0v) is 11.3. The third-order valence-corrected chi connectivity index (χ3v) is 3.26. The van der Waals surface area contributed by atoms with Gasteiger partial charge in [0.05, 0.1) is 5.75 Å². The molecule has 0 spiro atoms. The van der Waals surface area contributed by atoms with Gasteiger partial charge in [0.1, 0.15) is 5.75 Å². The zero-order valence-electron chi connectivity index (χ0n) is 10.5. The molecule has 0 aliphatic heterocycles. The number of rotatable bonds is 5. The van der Waals surface area contributed by atoms with Crippen LogP contribution in [0.15, 0.2) is 33.7 Å². The highest BCUT2D eigenvalue weighted by Gasteiger charge is 2.08. The summed E-state index contributed by atoms with van der Waals surface area (Å²) in [5.74, 6) is 2.80. The minimum absolute atomic E-state index is 0.269. The molecule has 0 fully saturated rings. The van der Waals surface area contributed by atoms with Gasteiger partial charge < -0.3 is 9.63 Å². The molecular formula is C13H16N2O2S. The molecule has 0 amide bonds. The molecule has 5 heteroatoms. The molecule has 4 nitrogen and oxygen atoms in total. The lowest BCUT2D eigenvalue weighted by atomic mass is 10.1. The van der Waals surface area contributed by atoms with Gasteiger partial charge in [-0.25, -0.2) is 0 Å². The van der Waals surface area contributed by atoms with Crippen molar-refractivity contribution in [2.24, 2.45) is 5.92 Å². The number of nitrogens with zero attached hydrogens (tertiary/aromatic N) is 2. The molecule has 1 N–H and O–H groups in total. The molecule has 0 aliphatic rings. The van der Waals surface area contributed by atoms with Crippen LogP contribution in [0, 0.1) is 5.92 Å². The second kappa shape index (κ2) is 5.91. The highest BCUT2D eigenvalue weighted by Crippen LogP contribution is 2.25. The Morgan fingerprint density at radius 3 is 2.94 bits per heavy atom.